The van der Waals surface area contributed by atoms with E-state index in [-0.39, 0.29) is 0 Å². The monoisotopic (exact) mass is 203 g/mol. The Morgan fingerprint density at radius 3 is 2.79 bits per heavy atom. The molecule has 72 valence electrons. The summed E-state index contributed by atoms with van der Waals surface area (Å²) in [5.74, 6) is 0. The van der Waals surface area contributed by atoms with Gasteiger partial charge < -0.3 is 0 Å². The van der Waals surface area contributed by atoms with Gasteiger partial charge in [0, 0.05) is 10.1 Å². The number of benzene rings is 1. The highest BCUT2D eigenvalue weighted by Gasteiger charge is 2.15. The summed E-state index contributed by atoms with van der Waals surface area (Å²) in [6.07, 6.45) is 5.41. The second-order valence-electron chi connectivity index (χ2n) is 3.66. The van der Waals surface area contributed by atoms with Crippen molar-refractivity contribution in [1.29, 1.82) is 5.26 Å². The molecule has 1 aromatic carbocycles. The van der Waals surface area contributed by atoms with E-state index in [1.54, 1.807) is 0 Å². The highest BCUT2D eigenvalue weighted by atomic mass is 32.2. The van der Waals surface area contributed by atoms with Crippen molar-refractivity contribution in [2.24, 2.45) is 0 Å². The SMILES string of the molecule is N#Cc1cccc(SC2CCCC2)c1. The maximum absolute atomic E-state index is 8.76. The lowest BCUT2D eigenvalue weighted by Gasteiger charge is -2.07. The molecule has 1 aromatic rings. The molecule has 1 nitrogen and oxygen atoms in total. The molecule has 1 aliphatic carbocycles. The second-order valence-corrected chi connectivity index (χ2v) is 5.04. The molecule has 0 spiro atoms. The van der Waals surface area contributed by atoms with Crippen LogP contribution < -0.4 is 0 Å². The minimum absolute atomic E-state index is 0.771. The quantitative estimate of drug-likeness (QED) is 0.733. The fourth-order valence-electron chi connectivity index (χ4n) is 1.84. The van der Waals surface area contributed by atoms with Crippen molar-refractivity contribution in [2.75, 3.05) is 0 Å². The fraction of sp³-hybridized carbons (Fsp3) is 0.417. The summed E-state index contributed by atoms with van der Waals surface area (Å²) in [5.41, 5.74) is 0.771. The van der Waals surface area contributed by atoms with Crippen LogP contribution in [0.3, 0.4) is 0 Å². The van der Waals surface area contributed by atoms with Crippen LogP contribution >= 0.6 is 11.8 Å². The van der Waals surface area contributed by atoms with Gasteiger partial charge in [-0.2, -0.15) is 5.26 Å². The van der Waals surface area contributed by atoms with Gasteiger partial charge in [0.15, 0.2) is 0 Å². The van der Waals surface area contributed by atoms with E-state index >= 15 is 0 Å². The van der Waals surface area contributed by atoms with Crippen LogP contribution in [0.4, 0.5) is 0 Å². The zero-order chi connectivity index (χ0) is 9.80. The minimum atomic E-state index is 0.771. The van der Waals surface area contributed by atoms with Crippen molar-refractivity contribution >= 4 is 11.8 Å². The molecule has 0 aliphatic heterocycles. The summed E-state index contributed by atoms with van der Waals surface area (Å²) in [4.78, 5) is 1.25. The summed E-state index contributed by atoms with van der Waals surface area (Å²) >= 11 is 1.93. The summed E-state index contributed by atoms with van der Waals surface area (Å²) in [7, 11) is 0. The zero-order valence-electron chi connectivity index (χ0n) is 8.07. The Hall–Kier alpha value is -0.940. The van der Waals surface area contributed by atoms with Gasteiger partial charge in [-0.25, -0.2) is 0 Å². The largest absolute Gasteiger partial charge is 0.192 e. The first kappa shape index (κ1) is 9.61. The highest BCUT2D eigenvalue weighted by molar-refractivity contribution is 8.00. The Morgan fingerprint density at radius 2 is 2.07 bits per heavy atom. The Bertz CT molecular complexity index is 348. The van der Waals surface area contributed by atoms with E-state index in [2.05, 4.69) is 12.1 Å². The highest BCUT2D eigenvalue weighted by Crippen LogP contribution is 2.34. The predicted molar refractivity (Wildman–Crippen MR) is 59.3 cm³/mol. The molecule has 14 heavy (non-hydrogen) atoms. The van der Waals surface area contributed by atoms with Crippen molar-refractivity contribution in [1.82, 2.24) is 0 Å². The lowest BCUT2D eigenvalue weighted by atomic mass is 10.2. The number of hydrogen-bond donors (Lipinski definition) is 0. The molecule has 0 radical (unpaired) electrons. The van der Waals surface area contributed by atoms with E-state index in [4.69, 9.17) is 5.26 Å². The van der Waals surface area contributed by atoms with Crippen LogP contribution in [-0.4, -0.2) is 5.25 Å². The maximum atomic E-state index is 8.76. The Labute approximate surface area is 89.1 Å². The van der Waals surface area contributed by atoms with E-state index in [9.17, 15) is 0 Å². The van der Waals surface area contributed by atoms with Crippen LogP contribution in [0.25, 0.3) is 0 Å². The normalized spacial score (nSPS) is 16.8. The molecule has 0 amide bonds. The minimum Gasteiger partial charge on any atom is -0.192 e. The van der Waals surface area contributed by atoms with Crippen molar-refractivity contribution < 1.29 is 0 Å². The second kappa shape index (κ2) is 4.52. The summed E-state index contributed by atoms with van der Waals surface area (Å²) < 4.78 is 0. The topological polar surface area (TPSA) is 23.8 Å². The summed E-state index contributed by atoms with van der Waals surface area (Å²) in [6, 6.07) is 10.1. The first-order valence-corrected chi connectivity index (χ1v) is 5.93. The van der Waals surface area contributed by atoms with E-state index in [0.717, 1.165) is 10.8 Å². The summed E-state index contributed by atoms with van der Waals surface area (Å²) in [6.45, 7) is 0. The molecule has 1 saturated carbocycles. The van der Waals surface area contributed by atoms with Crippen LogP contribution in [-0.2, 0) is 0 Å². The first-order valence-electron chi connectivity index (χ1n) is 5.05. The van der Waals surface area contributed by atoms with Crippen molar-refractivity contribution in [3.63, 3.8) is 0 Å². The van der Waals surface area contributed by atoms with Gasteiger partial charge in [0.25, 0.3) is 0 Å². The Kier molecular flexibility index (Phi) is 3.10. The third-order valence-corrected chi connectivity index (χ3v) is 3.90. The van der Waals surface area contributed by atoms with Gasteiger partial charge in [0.1, 0.15) is 0 Å². The lowest BCUT2D eigenvalue weighted by molar-refractivity contribution is 0.886. The van der Waals surface area contributed by atoms with Gasteiger partial charge >= 0.3 is 0 Å². The molecule has 0 aromatic heterocycles. The van der Waals surface area contributed by atoms with E-state index < -0.39 is 0 Å². The molecular formula is C12H13NS. The van der Waals surface area contributed by atoms with Crippen molar-refractivity contribution in [2.45, 2.75) is 35.8 Å². The van der Waals surface area contributed by atoms with Gasteiger partial charge in [0.05, 0.1) is 11.6 Å². The standard InChI is InChI=1S/C12H13NS/c13-9-10-4-3-7-12(8-10)14-11-5-1-2-6-11/h3-4,7-8,11H,1-2,5-6H2. The molecule has 2 rings (SSSR count). The first-order chi connectivity index (χ1) is 6.88. The number of nitrogens with zero attached hydrogens (tertiary/aromatic N) is 1. The number of nitriles is 1. The lowest BCUT2D eigenvalue weighted by Crippen LogP contribution is -1.92. The van der Waals surface area contributed by atoms with Crippen LogP contribution in [0.5, 0.6) is 0 Å². The van der Waals surface area contributed by atoms with Crippen LogP contribution in [0.1, 0.15) is 31.2 Å². The zero-order valence-corrected chi connectivity index (χ0v) is 8.89. The number of hydrogen-bond acceptors (Lipinski definition) is 2. The third-order valence-electron chi connectivity index (χ3n) is 2.57. The maximum Gasteiger partial charge on any atom is 0.0992 e. The molecule has 0 bridgehead atoms. The smallest absolute Gasteiger partial charge is 0.0992 e. The molecule has 0 N–H and O–H groups in total. The van der Waals surface area contributed by atoms with Crippen molar-refractivity contribution in [3.8, 4) is 6.07 Å². The number of rotatable bonds is 2. The molecule has 1 fully saturated rings. The molecule has 0 unspecified atom stereocenters. The average molecular weight is 203 g/mol. The average Bonchev–Trinajstić information content (AvgIpc) is 2.71. The summed E-state index contributed by atoms with van der Waals surface area (Å²) in [5, 5.41) is 9.55. The van der Waals surface area contributed by atoms with E-state index in [1.165, 1.54) is 30.6 Å². The van der Waals surface area contributed by atoms with Gasteiger partial charge in [-0.15, -0.1) is 11.8 Å². The fourth-order valence-corrected chi connectivity index (χ4v) is 3.14. The molecule has 1 aliphatic rings. The van der Waals surface area contributed by atoms with Crippen LogP contribution in [0.15, 0.2) is 29.2 Å². The molecular weight excluding hydrogens is 190 g/mol. The van der Waals surface area contributed by atoms with Gasteiger partial charge in [-0.05, 0) is 31.0 Å². The third kappa shape index (κ3) is 2.30. The molecule has 2 heteroatoms. The van der Waals surface area contributed by atoms with Crippen LogP contribution in [0.2, 0.25) is 0 Å². The van der Waals surface area contributed by atoms with E-state index in [1.807, 2.05) is 30.0 Å². The van der Waals surface area contributed by atoms with Crippen molar-refractivity contribution in [3.05, 3.63) is 29.8 Å². The van der Waals surface area contributed by atoms with E-state index in [0.29, 0.717) is 0 Å². The molecule has 0 saturated heterocycles. The predicted octanol–water partition coefficient (Wildman–Crippen LogP) is 3.59. The Balaban J connectivity index is 2.05. The number of thioether (sulfide) groups is 1. The van der Waals surface area contributed by atoms with Gasteiger partial charge in [0.2, 0.25) is 0 Å². The molecule has 0 atom stereocenters. The molecule has 0 heterocycles. The van der Waals surface area contributed by atoms with Gasteiger partial charge in [-0.3, -0.25) is 0 Å². The Morgan fingerprint density at radius 1 is 1.29 bits per heavy atom. The van der Waals surface area contributed by atoms with Crippen LogP contribution in [0, 0.1) is 11.3 Å². The van der Waals surface area contributed by atoms with Gasteiger partial charge in [-0.1, -0.05) is 18.9 Å².